The molecule has 0 unspecified atom stereocenters. The average molecular weight is 497 g/mol. The molecule has 8 nitrogen and oxygen atoms in total. The molecule has 0 aromatic carbocycles. The van der Waals surface area contributed by atoms with Crippen LogP contribution in [0, 0.1) is 40.4 Å². The summed E-state index contributed by atoms with van der Waals surface area (Å²) in [5.41, 5.74) is 0.484. The SMILES string of the molecule is C[C@H](O)[C@H]1CC[C@H]2[C@@H]3CC[C@@H]4C[C@H](O[C@@H]5O[C@@H](C(=O)O)[C@@H](O)[C@H](O)[C@H]5O)CC[C@]4(C)[C@H]3CC[C@]12C. The van der Waals surface area contributed by atoms with Gasteiger partial charge < -0.3 is 35.0 Å². The van der Waals surface area contributed by atoms with Gasteiger partial charge in [0.05, 0.1) is 12.2 Å². The van der Waals surface area contributed by atoms with E-state index in [2.05, 4.69) is 13.8 Å². The van der Waals surface area contributed by atoms with Crippen LogP contribution in [0.5, 0.6) is 0 Å². The van der Waals surface area contributed by atoms with Crippen LogP contribution in [0.4, 0.5) is 0 Å². The van der Waals surface area contributed by atoms with Gasteiger partial charge in [0.1, 0.15) is 18.3 Å². The minimum atomic E-state index is -1.70. The molecule has 1 heterocycles. The molecular weight excluding hydrogens is 452 g/mol. The number of rotatable bonds is 4. The van der Waals surface area contributed by atoms with E-state index in [-0.39, 0.29) is 23.0 Å². The molecule has 1 aliphatic heterocycles. The quantitative estimate of drug-likeness (QED) is 0.374. The van der Waals surface area contributed by atoms with Crippen LogP contribution in [0.3, 0.4) is 0 Å². The molecule has 35 heavy (non-hydrogen) atoms. The third-order valence-corrected chi connectivity index (χ3v) is 11.4. The Morgan fingerprint density at radius 2 is 1.60 bits per heavy atom. The van der Waals surface area contributed by atoms with Gasteiger partial charge in [0.15, 0.2) is 12.4 Å². The second-order valence-corrected chi connectivity index (χ2v) is 12.9. The molecule has 8 heteroatoms. The predicted octanol–water partition coefficient (Wildman–Crippen LogP) is 2.30. The average Bonchev–Trinajstić information content (AvgIpc) is 3.17. The number of fused-ring (bicyclic) bond motifs is 5. The number of hydrogen-bond acceptors (Lipinski definition) is 7. The fraction of sp³-hybridized carbons (Fsp3) is 0.963. The van der Waals surface area contributed by atoms with Crippen LogP contribution in [0.25, 0.3) is 0 Å². The van der Waals surface area contributed by atoms with E-state index in [9.17, 15) is 30.3 Å². The maximum absolute atomic E-state index is 11.4. The standard InChI is InChI=1S/C27H44O8/c1-13(28)17-6-7-18-16-5-4-14-12-15(8-10-26(14,2)19(16)9-11-27(17,18)3)34-25-22(31)20(29)21(30)23(35-25)24(32)33/h13-23,25,28-31H,4-12H2,1-3H3,(H,32,33)/t13-,14+,15+,16-,17+,18-,19-,20-,21-,22+,23+,25+,26-,27+/m0/s1. The van der Waals surface area contributed by atoms with Crippen molar-refractivity contribution in [3.05, 3.63) is 0 Å². The van der Waals surface area contributed by atoms with Crippen molar-refractivity contribution < 1.29 is 39.8 Å². The van der Waals surface area contributed by atoms with Gasteiger partial charge in [-0.2, -0.15) is 0 Å². The van der Waals surface area contributed by atoms with Crippen molar-refractivity contribution in [2.45, 2.75) is 121 Å². The summed E-state index contributed by atoms with van der Waals surface area (Å²) in [6, 6.07) is 0. The molecule has 5 fully saturated rings. The van der Waals surface area contributed by atoms with Gasteiger partial charge in [-0.15, -0.1) is 0 Å². The Morgan fingerprint density at radius 3 is 2.29 bits per heavy atom. The van der Waals surface area contributed by atoms with Gasteiger partial charge in [0.25, 0.3) is 0 Å². The lowest BCUT2D eigenvalue weighted by Crippen LogP contribution is -2.61. The zero-order valence-electron chi connectivity index (χ0n) is 21.3. The first-order valence-corrected chi connectivity index (χ1v) is 13.7. The molecule has 5 N–H and O–H groups in total. The molecule has 4 saturated carbocycles. The molecule has 5 aliphatic rings. The van der Waals surface area contributed by atoms with Crippen LogP contribution in [0.2, 0.25) is 0 Å². The van der Waals surface area contributed by atoms with Crippen molar-refractivity contribution in [3.63, 3.8) is 0 Å². The van der Waals surface area contributed by atoms with Crippen LogP contribution in [-0.4, -0.2) is 74.4 Å². The van der Waals surface area contributed by atoms with E-state index in [1.165, 1.54) is 25.7 Å². The maximum Gasteiger partial charge on any atom is 0.335 e. The molecule has 0 aromatic rings. The number of aliphatic carboxylic acids is 1. The van der Waals surface area contributed by atoms with Crippen molar-refractivity contribution >= 4 is 5.97 Å². The Balaban J connectivity index is 1.26. The highest BCUT2D eigenvalue weighted by Gasteiger charge is 2.61. The fourth-order valence-electron chi connectivity index (χ4n) is 9.53. The van der Waals surface area contributed by atoms with E-state index in [0.717, 1.165) is 32.1 Å². The Morgan fingerprint density at radius 1 is 0.914 bits per heavy atom. The monoisotopic (exact) mass is 496 g/mol. The van der Waals surface area contributed by atoms with Crippen molar-refractivity contribution in [1.82, 2.24) is 0 Å². The molecule has 5 rings (SSSR count). The van der Waals surface area contributed by atoms with Crippen LogP contribution in [0.1, 0.15) is 78.6 Å². The Hall–Kier alpha value is -0.770. The number of carboxylic acid groups (broad SMARTS) is 1. The molecule has 0 bridgehead atoms. The molecule has 0 amide bonds. The zero-order chi connectivity index (χ0) is 25.3. The molecule has 0 aromatic heterocycles. The second kappa shape index (κ2) is 9.21. The summed E-state index contributed by atoms with van der Waals surface area (Å²) < 4.78 is 11.4. The highest BCUT2D eigenvalue weighted by molar-refractivity contribution is 5.73. The summed E-state index contributed by atoms with van der Waals surface area (Å²) in [6.45, 7) is 6.86. The third kappa shape index (κ3) is 4.07. The van der Waals surface area contributed by atoms with Crippen LogP contribution in [0.15, 0.2) is 0 Å². The second-order valence-electron chi connectivity index (χ2n) is 12.9. The van der Waals surface area contributed by atoms with Gasteiger partial charge in [-0.3, -0.25) is 0 Å². The van der Waals surface area contributed by atoms with E-state index >= 15 is 0 Å². The lowest BCUT2D eigenvalue weighted by atomic mass is 9.44. The third-order valence-electron chi connectivity index (χ3n) is 11.4. The molecule has 4 aliphatic carbocycles. The first-order valence-electron chi connectivity index (χ1n) is 13.7. The van der Waals surface area contributed by atoms with Crippen molar-refractivity contribution in [1.29, 1.82) is 0 Å². The number of ether oxygens (including phenoxy) is 2. The van der Waals surface area contributed by atoms with Crippen LogP contribution in [-0.2, 0) is 14.3 Å². The maximum atomic E-state index is 11.4. The Bertz CT molecular complexity index is 804. The first-order chi connectivity index (χ1) is 16.5. The van der Waals surface area contributed by atoms with Gasteiger partial charge in [-0.25, -0.2) is 4.79 Å². The normalized spacial score (nSPS) is 54.9. The predicted molar refractivity (Wildman–Crippen MR) is 126 cm³/mol. The smallest absolute Gasteiger partial charge is 0.335 e. The van der Waals surface area contributed by atoms with Gasteiger partial charge in [0.2, 0.25) is 0 Å². The summed E-state index contributed by atoms with van der Waals surface area (Å²) in [7, 11) is 0. The van der Waals surface area contributed by atoms with Gasteiger partial charge in [-0.05, 0) is 105 Å². The van der Waals surface area contributed by atoms with E-state index in [1.54, 1.807) is 0 Å². The summed E-state index contributed by atoms with van der Waals surface area (Å²) in [4.78, 5) is 11.4. The van der Waals surface area contributed by atoms with Crippen molar-refractivity contribution in [3.8, 4) is 0 Å². The van der Waals surface area contributed by atoms with Gasteiger partial charge in [-0.1, -0.05) is 13.8 Å². The van der Waals surface area contributed by atoms with E-state index in [4.69, 9.17) is 9.47 Å². The van der Waals surface area contributed by atoms with E-state index in [0.29, 0.717) is 29.6 Å². The lowest BCUT2D eigenvalue weighted by molar-refractivity contribution is -0.309. The summed E-state index contributed by atoms with van der Waals surface area (Å²) in [6.07, 6.45) is 1.63. The van der Waals surface area contributed by atoms with E-state index in [1.807, 2.05) is 6.92 Å². The fourth-order valence-corrected chi connectivity index (χ4v) is 9.53. The number of carboxylic acids is 1. The molecule has 1 saturated heterocycles. The summed E-state index contributed by atoms with van der Waals surface area (Å²) in [5.74, 6) is 1.60. The molecule has 14 atom stereocenters. The Labute approximate surface area is 208 Å². The highest BCUT2D eigenvalue weighted by atomic mass is 16.7. The molecule has 0 radical (unpaired) electrons. The topological polar surface area (TPSA) is 137 Å². The lowest BCUT2D eigenvalue weighted by Gasteiger charge is -2.61. The van der Waals surface area contributed by atoms with Crippen LogP contribution < -0.4 is 0 Å². The molecule has 0 spiro atoms. The molecular formula is C27H44O8. The largest absolute Gasteiger partial charge is 0.479 e. The van der Waals surface area contributed by atoms with Crippen molar-refractivity contribution in [2.24, 2.45) is 40.4 Å². The minimum absolute atomic E-state index is 0.180. The molecule has 200 valence electrons. The summed E-state index contributed by atoms with van der Waals surface area (Å²) >= 11 is 0. The zero-order valence-corrected chi connectivity index (χ0v) is 21.3. The summed E-state index contributed by atoms with van der Waals surface area (Å²) in [5, 5.41) is 50.2. The highest BCUT2D eigenvalue weighted by Crippen LogP contribution is 2.67. The number of carbonyl (C=O) groups is 1. The number of hydrogen-bond donors (Lipinski definition) is 5. The van der Waals surface area contributed by atoms with E-state index < -0.39 is 36.7 Å². The van der Waals surface area contributed by atoms with Crippen LogP contribution >= 0.6 is 0 Å². The van der Waals surface area contributed by atoms with Crippen molar-refractivity contribution in [2.75, 3.05) is 0 Å². The number of aliphatic hydroxyl groups is 4. The Kier molecular flexibility index (Phi) is 6.80. The van der Waals surface area contributed by atoms with Gasteiger partial charge >= 0.3 is 5.97 Å². The van der Waals surface area contributed by atoms with Gasteiger partial charge in [0, 0.05) is 0 Å². The first kappa shape index (κ1) is 25.9. The minimum Gasteiger partial charge on any atom is -0.479 e. The number of aliphatic hydroxyl groups excluding tert-OH is 4.